The quantitative estimate of drug-likeness (QED) is 0.297. The number of aliphatic hydroxyl groups excluding tert-OH is 1. The highest BCUT2D eigenvalue weighted by molar-refractivity contribution is 6.18. The van der Waals surface area contributed by atoms with Crippen molar-refractivity contribution < 1.29 is 19.4 Å². The van der Waals surface area contributed by atoms with E-state index in [1.54, 1.807) is 54.6 Å². The van der Waals surface area contributed by atoms with Gasteiger partial charge in [-0.1, -0.05) is 12.1 Å². The molecule has 1 aromatic carbocycles. The minimum atomic E-state index is -0.337. The van der Waals surface area contributed by atoms with E-state index in [2.05, 4.69) is 30.7 Å². The van der Waals surface area contributed by atoms with Crippen LogP contribution in [0.4, 0.5) is 11.5 Å². The Bertz CT molecular complexity index is 1370. The van der Waals surface area contributed by atoms with Crippen LogP contribution in [-0.2, 0) is 11.8 Å². The van der Waals surface area contributed by atoms with Gasteiger partial charge in [-0.3, -0.25) is 14.3 Å². The molecule has 1 amide bonds. The summed E-state index contributed by atoms with van der Waals surface area (Å²) in [6, 6.07) is 6.55. The van der Waals surface area contributed by atoms with Gasteiger partial charge in [0.25, 0.3) is 5.91 Å². The number of amides is 1. The van der Waals surface area contributed by atoms with Gasteiger partial charge < -0.3 is 25.5 Å². The van der Waals surface area contributed by atoms with Crippen molar-refractivity contribution in [3.63, 3.8) is 0 Å². The predicted octanol–water partition coefficient (Wildman–Crippen LogP) is 2.13. The summed E-state index contributed by atoms with van der Waals surface area (Å²) in [6.45, 7) is 0.429. The molecule has 0 aliphatic carbocycles. The Morgan fingerprint density at radius 1 is 1.26 bits per heavy atom. The Kier molecular flexibility index (Phi) is 6.25. The van der Waals surface area contributed by atoms with Crippen molar-refractivity contribution in [2.45, 2.75) is 25.0 Å². The number of anilines is 2. The van der Waals surface area contributed by atoms with Crippen LogP contribution in [0.3, 0.4) is 0 Å². The molecule has 180 valence electrons. The highest BCUT2D eigenvalue weighted by Crippen LogP contribution is 2.28. The first-order valence-corrected chi connectivity index (χ1v) is 11.3. The second kappa shape index (κ2) is 9.65. The van der Waals surface area contributed by atoms with E-state index in [-0.39, 0.29) is 30.4 Å². The van der Waals surface area contributed by atoms with Crippen molar-refractivity contribution in [1.82, 2.24) is 24.7 Å². The van der Waals surface area contributed by atoms with Crippen LogP contribution in [0.1, 0.15) is 39.1 Å². The topological polar surface area (TPSA) is 147 Å². The summed E-state index contributed by atoms with van der Waals surface area (Å²) in [5, 5.41) is 20.0. The molecule has 4 heterocycles. The van der Waals surface area contributed by atoms with Crippen molar-refractivity contribution >= 4 is 34.2 Å². The smallest absolute Gasteiger partial charge is 0.255 e. The maximum absolute atomic E-state index is 13.5. The molecule has 1 saturated heterocycles. The van der Waals surface area contributed by atoms with E-state index in [1.807, 2.05) is 0 Å². The maximum Gasteiger partial charge on any atom is 0.255 e. The minimum Gasteiger partial charge on any atom is -0.394 e. The van der Waals surface area contributed by atoms with E-state index in [0.717, 1.165) is 12.8 Å². The number of hydrogen-bond acceptors (Lipinski definition) is 8. The lowest BCUT2D eigenvalue weighted by Gasteiger charge is -2.29. The molecule has 2 atom stereocenters. The fourth-order valence-electron chi connectivity index (χ4n) is 4.15. The number of hydrogen-bond donors (Lipinski definition) is 4. The summed E-state index contributed by atoms with van der Waals surface area (Å²) in [7, 11) is 1.76. The van der Waals surface area contributed by atoms with Gasteiger partial charge in [-0.25, -0.2) is 9.97 Å². The van der Waals surface area contributed by atoms with Gasteiger partial charge in [0.2, 0.25) is 0 Å². The number of benzene rings is 1. The Morgan fingerprint density at radius 3 is 2.86 bits per heavy atom. The van der Waals surface area contributed by atoms with E-state index < -0.39 is 0 Å². The largest absolute Gasteiger partial charge is 0.394 e. The molecule has 4 N–H and O–H groups in total. The molecule has 1 aliphatic heterocycles. The molecule has 0 saturated carbocycles. The summed E-state index contributed by atoms with van der Waals surface area (Å²) in [4.78, 5) is 37.8. The molecule has 0 spiro atoms. The zero-order chi connectivity index (χ0) is 24.4. The lowest BCUT2D eigenvalue weighted by atomic mass is 10.0. The number of aromatic amines is 1. The molecule has 3 aromatic heterocycles. The Labute approximate surface area is 200 Å². The number of carbonyl (C=O) groups excluding carboxylic acids is 2. The summed E-state index contributed by atoms with van der Waals surface area (Å²) >= 11 is 0. The third-order valence-corrected chi connectivity index (χ3v) is 5.98. The Morgan fingerprint density at radius 2 is 2.11 bits per heavy atom. The highest BCUT2D eigenvalue weighted by atomic mass is 16.5. The fourth-order valence-corrected chi connectivity index (χ4v) is 4.15. The molecule has 5 rings (SSSR count). The Balaban J connectivity index is 1.39. The van der Waals surface area contributed by atoms with E-state index in [9.17, 15) is 14.7 Å². The fraction of sp³-hybridized carbons (Fsp3) is 0.292. The van der Waals surface area contributed by atoms with Gasteiger partial charge in [0.15, 0.2) is 5.78 Å². The van der Waals surface area contributed by atoms with E-state index in [1.165, 1.54) is 6.33 Å². The number of fused-ring (bicyclic) bond motifs is 1. The first-order valence-electron chi connectivity index (χ1n) is 11.3. The molecule has 4 aromatic rings. The van der Waals surface area contributed by atoms with Crippen molar-refractivity contribution in [3.05, 3.63) is 65.9 Å². The summed E-state index contributed by atoms with van der Waals surface area (Å²) < 4.78 is 7.25. The van der Waals surface area contributed by atoms with Crippen molar-refractivity contribution in [3.8, 4) is 0 Å². The van der Waals surface area contributed by atoms with Crippen molar-refractivity contribution in [2.75, 3.05) is 23.8 Å². The SMILES string of the molecule is Cn1cc(NC(=O)c2cccc(C(=O)c3c[nH]c4ncnc(N[C@@H]5CC[C@@H](CO)OC5)c34)c2)cn1. The van der Waals surface area contributed by atoms with Gasteiger partial charge in [0.1, 0.15) is 17.8 Å². The average molecular weight is 476 g/mol. The van der Waals surface area contributed by atoms with Crippen LogP contribution >= 0.6 is 0 Å². The number of H-pyrrole nitrogens is 1. The van der Waals surface area contributed by atoms with Gasteiger partial charge in [-0.15, -0.1) is 0 Å². The number of carbonyl (C=O) groups is 2. The molecule has 35 heavy (non-hydrogen) atoms. The van der Waals surface area contributed by atoms with Crippen molar-refractivity contribution in [1.29, 1.82) is 0 Å². The maximum atomic E-state index is 13.5. The van der Waals surface area contributed by atoms with Crippen LogP contribution < -0.4 is 10.6 Å². The molecular formula is C24H25N7O4. The van der Waals surface area contributed by atoms with Gasteiger partial charge in [0.05, 0.1) is 48.2 Å². The lowest BCUT2D eigenvalue weighted by molar-refractivity contribution is -0.0224. The lowest BCUT2D eigenvalue weighted by Crippen LogP contribution is -2.36. The minimum absolute atomic E-state index is 0.000255. The zero-order valence-corrected chi connectivity index (χ0v) is 19.1. The van der Waals surface area contributed by atoms with Crippen LogP contribution in [0.15, 0.2) is 49.2 Å². The first kappa shape index (κ1) is 22.7. The number of nitrogens with one attached hydrogen (secondary N) is 3. The van der Waals surface area contributed by atoms with Gasteiger partial charge in [-0.05, 0) is 25.0 Å². The third-order valence-electron chi connectivity index (χ3n) is 5.98. The molecule has 0 unspecified atom stereocenters. The molecule has 11 nitrogen and oxygen atoms in total. The second-order valence-corrected chi connectivity index (χ2v) is 8.47. The molecule has 1 aliphatic rings. The number of aryl methyl sites for hydroxylation is 1. The van der Waals surface area contributed by atoms with E-state index in [4.69, 9.17) is 4.74 Å². The highest BCUT2D eigenvalue weighted by Gasteiger charge is 2.24. The number of aromatic nitrogens is 5. The normalized spacial score (nSPS) is 17.9. The van der Waals surface area contributed by atoms with Crippen LogP contribution in [-0.4, -0.2) is 66.9 Å². The Hall–Kier alpha value is -4.09. The van der Waals surface area contributed by atoms with Gasteiger partial charge >= 0.3 is 0 Å². The van der Waals surface area contributed by atoms with Crippen LogP contribution in [0.25, 0.3) is 11.0 Å². The molecule has 11 heteroatoms. The van der Waals surface area contributed by atoms with Gasteiger partial charge in [-0.2, -0.15) is 5.10 Å². The summed E-state index contributed by atoms with van der Waals surface area (Å²) in [5.41, 5.74) is 2.22. The van der Waals surface area contributed by atoms with Crippen LogP contribution in [0.5, 0.6) is 0 Å². The monoisotopic (exact) mass is 475 g/mol. The van der Waals surface area contributed by atoms with Gasteiger partial charge in [0, 0.05) is 30.6 Å². The standard InChI is InChI=1S/C24H25N7O4/c1-31-10-17(8-28-31)30-24(34)15-4-2-3-14(7-15)21(33)19-9-25-22-20(19)23(27-13-26-22)29-16-5-6-18(11-32)35-12-16/h2-4,7-10,13,16,18,32H,5-6,11-12H2,1H3,(H,30,34)(H2,25,26,27,29)/t16-,18+/m1/s1. The summed E-state index contributed by atoms with van der Waals surface area (Å²) in [5.74, 6) is -0.0674. The number of rotatable bonds is 7. The molecule has 0 bridgehead atoms. The predicted molar refractivity (Wildman–Crippen MR) is 128 cm³/mol. The third kappa shape index (κ3) is 4.77. The number of ketones is 1. The van der Waals surface area contributed by atoms with E-state index >= 15 is 0 Å². The van der Waals surface area contributed by atoms with Crippen LogP contribution in [0.2, 0.25) is 0 Å². The molecule has 0 radical (unpaired) electrons. The number of ether oxygens (including phenoxy) is 1. The average Bonchev–Trinajstić information content (AvgIpc) is 3.50. The molecule has 1 fully saturated rings. The number of nitrogens with zero attached hydrogens (tertiary/aromatic N) is 4. The van der Waals surface area contributed by atoms with Crippen molar-refractivity contribution in [2.24, 2.45) is 7.05 Å². The second-order valence-electron chi connectivity index (χ2n) is 8.47. The van der Waals surface area contributed by atoms with E-state index in [0.29, 0.717) is 45.8 Å². The molecular weight excluding hydrogens is 450 g/mol. The first-order chi connectivity index (χ1) is 17.0. The zero-order valence-electron chi connectivity index (χ0n) is 19.1. The van der Waals surface area contributed by atoms with Crippen LogP contribution in [0, 0.1) is 0 Å². The number of aliphatic hydroxyl groups is 1. The summed E-state index contributed by atoms with van der Waals surface area (Å²) in [6.07, 6.45) is 7.66.